The van der Waals surface area contributed by atoms with Crippen LogP contribution in [0.3, 0.4) is 0 Å². The summed E-state index contributed by atoms with van der Waals surface area (Å²) in [6.07, 6.45) is 5.21. The van der Waals surface area contributed by atoms with Gasteiger partial charge in [-0.15, -0.1) is 0 Å². The summed E-state index contributed by atoms with van der Waals surface area (Å²) in [5.74, 6) is 0.821. The van der Waals surface area contributed by atoms with Gasteiger partial charge in [0.25, 0.3) is 5.91 Å². The van der Waals surface area contributed by atoms with E-state index in [2.05, 4.69) is 24.3 Å². The van der Waals surface area contributed by atoms with Crippen molar-refractivity contribution >= 4 is 17.2 Å². The summed E-state index contributed by atoms with van der Waals surface area (Å²) in [6, 6.07) is 12.3. The molecule has 4 rings (SSSR count). The molecule has 1 amide bonds. The minimum absolute atomic E-state index is 0.0340. The maximum Gasteiger partial charge on any atom is 0.254 e. The summed E-state index contributed by atoms with van der Waals surface area (Å²) >= 11 is 1.58. The largest absolute Gasteiger partial charge is 0.377 e. The van der Waals surface area contributed by atoms with Gasteiger partial charge in [0.2, 0.25) is 0 Å². The summed E-state index contributed by atoms with van der Waals surface area (Å²) in [5.41, 5.74) is 2.01. The zero-order valence-corrected chi connectivity index (χ0v) is 17.2. The number of piperidine rings is 1. The van der Waals surface area contributed by atoms with Crippen molar-refractivity contribution < 1.29 is 14.3 Å². The van der Waals surface area contributed by atoms with Crippen LogP contribution in [0.1, 0.15) is 48.0 Å². The van der Waals surface area contributed by atoms with E-state index in [4.69, 9.17) is 9.47 Å². The number of benzene rings is 1. The molecule has 5 heteroatoms. The highest BCUT2D eigenvalue weighted by molar-refractivity contribution is 7.08. The Hall–Kier alpha value is -1.69. The van der Waals surface area contributed by atoms with Crippen molar-refractivity contribution in [1.82, 2.24) is 4.90 Å². The quantitative estimate of drug-likeness (QED) is 0.658. The summed E-state index contributed by atoms with van der Waals surface area (Å²) < 4.78 is 12.1. The average molecular weight is 400 g/mol. The van der Waals surface area contributed by atoms with Gasteiger partial charge in [-0.05, 0) is 55.0 Å². The first-order valence-electron chi connectivity index (χ1n) is 10.3. The first-order chi connectivity index (χ1) is 13.7. The third-order valence-electron chi connectivity index (χ3n) is 6.11. The minimum atomic E-state index is -0.0340. The third kappa shape index (κ3) is 4.83. The average Bonchev–Trinajstić information content (AvgIpc) is 3.27. The van der Waals surface area contributed by atoms with Crippen LogP contribution >= 0.6 is 11.3 Å². The molecule has 0 saturated carbocycles. The molecule has 0 N–H and O–H groups in total. The standard InChI is InChI=1S/C23H29NO3S/c25-22(21-8-15-28-18-21)24-11-9-23(10-12-24)16-19(7-14-27-23)6-13-26-17-20-4-2-1-3-5-20/h1-5,8,15,18-19H,6-7,9-14,16-17H2. The highest BCUT2D eigenvalue weighted by Crippen LogP contribution is 2.39. The van der Waals surface area contributed by atoms with Gasteiger partial charge in [-0.2, -0.15) is 11.3 Å². The van der Waals surface area contributed by atoms with Gasteiger partial charge in [0.1, 0.15) is 0 Å². The van der Waals surface area contributed by atoms with Crippen LogP contribution in [0.25, 0.3) is 0 Å². The van der Waals surface area contributed by atoms with Crippen LogP contribution in [0.2, 0.25) is 0 Å². The van der Waals surface area contributed by atoms with Crippen molar-refractivity contribution in [1.29, 1.82) is 0 Å². The van der Waals surface area contributed by atoms with Gasteiger partial charge in [-0.1, -0.05) is 30.3 Å². The fourth-order valence-electron chi connectivity index (χ4n) is 4.42. The molecule has 2 aliphatic heterocycles. The lowest BCUT2D eigenvalue weighted by Crippen LogP contribution is -2.50. The molecular weight excluding hydrogens is 370 g/mol. The fourth-order valence-corrected chi connectivity index (χ4v) is 5.05. The molecule has 1 unspecified atom stereocenters. The Morgan fingerprint density at radius 2 is 2.04 bits per heavy atom. The number of rotatable bonds is 6. The normalized spacial score (nSPS) is 21.7. The number of thiophene rings is 1. The second kappa shape index (κ2) is 9.21. The van der Waals surface area contributed by atoms with Gasteiger partial charge in [0, 0.05) is 31.7 Å². The van der Waals surface area contributed by atoms with Crippen LogP contribution in [-0.4, -0.2) is 42.7 Å². The van der Waals surface area contributed by atoms with Crippen LogP contribution in [0.5, 0.6) is 0 Å². The van der Waals surface area contributed by atoms with Crippen molar-refractivity contribution in [2.75, 3.05) is 26.3 Å². The number of hydrogen-bond donors (Lipinski definition) is 0. The van der Waals surface area contributed by atoms with Gasteiger partial charge < -0.3 is 14.4 Å². The van der Waals surface area contributed by atoms with E-state index in [-0.39, 0.29) is 11.5 Å². The molecule has 3 heterocycles. The number of hydrogen-bond acceptors (Lipinski definition) is 4. The molecular formula is C23H29NO3S. The zero-order chi connectivity index (χ0) is 19.2. The summed E-state index contributed by atoms with van der Waals surface area (Å²) in [6.45, 7) is 3.92. The van der Waals surface area contributed by atoms with Crippen LogP contribution in [0.4, 0.5) is 0 Å². The first-order valence-corrected chi connectivity index (χ1v) is 11.3. The van der Waals surface area contributed by atoms with Crippen LogP contribution < -0.4 is 0 Å². The molecule has 28 heavy (non-hydrogen) atoms. The molecule has 2 aromatic rings. The molecule has 0 aliphatic carbocycles. The van der Waals surface area contributed by atoms with E-state index in [1.54, 1.807) is 11.3 Å². The van der Waals surface area contributed by atoms with Crippen LogP contribution in [-0.2, 0) is 16.1 Å². The lowest BCUT2D eigenvalue weighted by atomic mass is 9.78. The number of carbonyl (C=O) groups is 1. The van der Waals surface area contributed by atoms with Gasteiger partial charge >= 0.3 is 0 Å². The second-order valence-electron chi connectivity index (χ2n) is 8.02. The number of ether oxygens (including phenoxy) is 2. The highest BCUT2D eigenvalue weighted by atomic mass is 32.1. The van der Waals surface area contributed by atoms with E-state index >= 15 is 0 Å². The second-order valence-corrected chi connectivity index (χ2v) is 8.80. The van der Waals surface area contributed by atoms with E-state index in [0.717, 1.165) is 64.0 Å². The Morgan fingerprint density at radius 3 is 2.79 bits per heavy atom. The number of amides is 1. The van der Waals surface area contributed by atoms with Gasteiger partial charge in [-0.3, -0.25) is 4.79 Å². The van der Waals surface area contributed by atoms with Crippen molar-refractivity contribution in [3.63, 3.8) is 0 Å². The molecule has 2 fully saturated rings. The highest BCUT2D eigenvalue weighted by Gasteiger charge is 2.41. The predicted molar refractivity (Wildman–Crippen MR) is 112 cm³/mol. The predicted octanol–water partition coefficient (Wildman–Crippen LogP) is 4.76. The zero-order valence-electron chi connectivity index (χ0n) is 16.3. The summed E-state index contributed by atoms with van der Waals surface area (Å²) in [7, 11) is 0. The maximum absolute atomic E-state index is 12.6. The molecule has 2 aliphatic rings. The molecule has 1 spiro atoms. The molecule has 0 radical (unpaired) electrons. The van der Waals surface area contributed by atoms with Crippen molar-refractivity contribution in [2.45, 2.75) is 44.3 Å². The molecule has 150 valence electrons. The maximum atomic E-state index is 12.6. The smallest absolute Gasteiger partial charge is 0.254 e. The molecule has 2 saturated heterocycles. The third-order valence-corrected chi connectivity index (χ3v) is 6.79. The van der Waals surface area contributed by atoms with E-state index < -0.39 is 0 Å². The SMILES string of the molecule is O=C(c1ccsc1)N1CCC2(CC1)CC(CCOCc1ccccc1)CCO2. The van der Waals surface area contributed by atoms with E-state index in [1.807, 2.05) is 27.8 Å². The molecule has 0 bridgehead atoms. The molecule has 1 atom stereocenters. The Morgan fingerprint density at radius 1 is 1.21 bits per heavy atom. The topological polar surface area (TPSA) is 38.8 Å². The lowest BCUT2D eigenvalue weighted by Gasteiger charge is -2.46. The van der Waals surface area contributed by atoms with Gasteiger partial charge in [0.15, 0.2) is 0 Å². The molecule has 1 aromatic heterocycles. The molecule has 1 aromatic carbocycles. The van der Waals surface area contributed by atoms with E-state index in [0.29, 0.717) is 12.5 Å². The van der Waals surface area contributed by atoms with Crippen molar-refractivity contribution in [3.8, 4) is 0 Å². The van der Waals surface area contributed by atoms with Crippen molar-refractivity contribution in [3.05, 3.63) is 58.3 Å². The van der Waals surface area contributed by atoms with Crippen LogP contribution in [0.15, 0.2) is 47.2 Å². The number of likely N-dealkylation sites (tertiary alicyclic amines) is 1. The first kappa shape index (κ1) is 19.6. The Bertz CT molecular complexity index is 738. The minimum Gasteiger partial charge on any atom is -0.377 e. The summed E-state index contributed by atoms with van der Waals surface area (Å²) in [5, 5.41) is 3.91. The Balaban J connectivity index is 1.22. The van der Waals surface area contributed by atoms with E-state index in [9.17, 15) is 4.79 Å². The molecule has 4 nitrogen and oxygen atoms in total. The van der Waals surface area contributed by atoms with E-state index in [1.165, 1.54) is 5.56 Å². The van der Waals surface area contributed by atoms with Gasteiger partial charge in [-0.25, -0.2) is 0 Å². The Kier molecular flexibility index (Phi) is 6.45. The monoisotopic (exact) mass is 399 g/mol. The number of nitrogens with zero attached hydrogens (tertiary/aromatic N) is 1. The fraction of sp³-hybridized carbons (Fsp3) is 0.522. The van der Waals surface area contributed by atoms with Crippen molar-refractivity contribution in [2.24, 2.45) is 5.92 Å². The van der Waals surface area contributed by atoms with Gasteiger partial charge in [0.05, 0.1) is 17.8 Å². The number of carbonyl (C=O) groups excluding carboxylic acids is 1. The Labute approximate surface area is 171 Å². The summed E-state index contributed by atoms with van der Waals surface area (Å²) in [4.78, 5) is 14.6. The lowest BCUT2D eigenvalue weighted by molar-refractivity contribution is -0.126. The van der Waals surface area contributed by atoms with Crippen LogP contribution in [0, 0.1) is 5.92 Å².